The topological polar surface area (TPSA) is 59.3 Å². The molecule has 0 spiro atoms. The van der Waals surface area contributed by atoms with Crippen LogP contribution in [0.3, 0.4) is 0 Å². The molecular formula is C13H17NO3. The highest BCUT2D eigenvalue weighted by atomic mass is 16.4. The Morgan fingerprint density at radius 1 is 1.47 bits per heavy atom. The maximum atomic E-state index is 11.7. The van der Waals surface area contributed by atoms with Gasteiger partial charge in [-0.15, -0.1) is 0 Å². The van der Waals surface area contributed by atoms with E-state index in [-0.39, 0.29) is 16.5 Å². The van der Waals surface area contributed by atoms with E-state index in [0.717, 1.165) is 25.7 Å². The molecule has 0 radical (unpaired) electrons. The quantitative estimate of drug-likeness (QED) is 0.850. The Morgan fingerprint density at radius 2 is 2.18 bits per heavy atom. The molecule has 92 valence electrons. The SMILES string of the molecule is CCCC1(Cn2cc(C(=O)O)ccc2=O)CC1. The fourth-order valence-corrected chi connectivity index (χ4v) is 2.34. The minimum Gasteiger partial charge on any atom is -0.478 e. The monoisotopic (exact) mass is 235 g/mol. The third kappa shape index (κ3) is 2.57. The lowest BCUT2D eigenvalue weighted by Gasteiger charge is -2.15. The van der Waals surface area contributed by atoms with Crippen molar-refractivity contribution in [2.75, 3.05) is 0 Å². The van der Waals surface area contributed by atoms with Gasteiger partial charge >= 0.3 is 5.97 Å². The van der Waals surface area contributed by atoms with Gasteiger partial charge in [-0.25, -0.2) is 4.79 Å². The Hall–Kier alpha value is -1.58. The second-order valence-electron chi connectivity index (χ2n) is 4.94. The van der Waals surface area contributed by atoms with E-state index < -0.39 is 5.97 Å². The van der Waals surface area contributed by atoms with E-state index in [4.69, 9.17) is 5.11 Å². The Morgan fingerprint density at radius 3 is 2.71 bits per heavy atom. The molecule has 0 amide bonds. The highest BCUT2D eigenvalue weighted by molar-refractivity contribution is 5.87. The van der Waals surface area contributed by atoms with Crippen molar-refractivity contribution >= 4 is 5.97 Å². The summed E-state index contributed by atoms with van der Waals surface area (Å²) in [4.78, 5) is 22.5. The molecule has 4 heteroatoms. The smallest absolute Gasteiger partial charge is 0.337 e. The largest absolute Gasteiger partial charge is 0.478 e. The Bertz CT molecular complexity index is 486. The van der Waals surface area contributed by atoms with E-state index >= 15 is 0 Å². The van der Waals surface area contributed by atoms with Gasteiger partial charge in [0.05, 0.1) is 5.56 Å². The van der Waals surface area contributed by atoms with Crippen LogP contribution in [0.25, 0.3) is 0 Å². The normalized spacial score (nSPS) is 16.8. The Kier molecular flexibility index (Phi) is 3.05. The van der Waals surface area contributed by atoms with E-state index in [0.29, 0.717) is 6.54 Å². The summed E-state index contributed by atoms with van der Waals surface area (Å²) in [6.45, 7) is 2.79. The van der Waals surface area contributed by atoms with Gasteiger partial charge in [-0.05, 0) is 30.7 Å². The van der Waals surface area contributed by atoms with Crippen LogP contribution in [-0.4, -0.2) is 15.6 Å². The molecule has 1 aliphatic carbocycles. The zero-order chi connectivity index (χ0) is 12.5. The maximum absolute atomic E-state index is 11.7. The van der Waals surface area contributed by atoms with E-state index in [1.807, 2.05) is 0 Å². The molecule has 0 saturated heterocycles. The van der Waals surface area contributed by atoms with Crippen molar-refractivity contribution in [2.45, 2.75) is 39.2 Å². The molecule has 1 heterocycles. The Labute approximate surface area is 99.9 Å². The molecule has 1 aromatic heterocycles. The predicted molar refractivity (Wildman–Crippen MR) is 64.2 cm³/mol. The van der Waals surface area contributed by atoms with Crippen molar-refractivity contribution in [3.8, 4) is 0 Å². The lowest BCUT2D eigenvalue weighted by molar-refractivity contribution is 0.0695. The first-order chi connectivity index (χ1) is 8.06. The minimum atomic E-state index is -0.987. The van der Waals surface area contributed by atoms with Crippen LogP contribution in [0.2, 0.25) is 0 Å². The molecule has 1 fully saturated rings. The van der Waals surface area contributed by atoms with Crippen LogP contribution in [0.1, 0.15) is 43.0 Å². The number of nitrogens with zero attached hydrogens (tertiary/aromatic N) is 1. The molecule has 1 saturated carbocycles. The molecule has 2 rings (SSSR count). The summed E-state index contributed by atoms with van der Waals surface area (Å²) in [5.74, 6) is -0.987. The number of pyridine rings is 1. The van der Waals surface area contributed by atoms with Crippen molar-refractivity contribution in [1.29, 1.82) is 0 Å². The highest BCUT2D eigenvalue weighted by Gasteiger charge is 2.41. The molecule has 17 heavy (non-hydrogen) atoms. The maximum Gasteiger partial charge on any atom is 0.337 e. The summed E-state index contributed by atoms with van der Waals surface area (Å²) in [6.07, 6.45) is 5.96. The van der Waals surface area contributed by atoms with Crippen molar-refractivity contribution < 1.29 is 9.90 Å². The number of rotatable bonds is 5. The predicted octanol–water partition coefficient (Wildman–Crippen LogP) is 2.13. The van der Waals surface area contributed by atoms with Crippen molar-refractivity contribution in [2.24, 2.45) is 5.41 Å². The summed E-state index contributed by atoms with van der Waals surface area (Å²) in [6, 6.07) is 2.70. The zero-order valence-electron chi connectivity index (χ0n) is 9.98. The first-order valence-electron chi connectivity index (χ1n) is 6.00. The van der Waals surface area contributed by atoms with Crippen LogP contribution >= 0.6 is 0 Å². The molecule has 1 aliphatic rings. The average Bonchev–Trinajstić information content (AvgIpc) is 3.02. The van der Waals surface area contributed by atoms with Gasteiger partial charge in [0.2, 0.25) is 0 Å². The number of aromatic nitrogens is 1. The van der Waals surface area contributed by atoms with E-state index in [2.05, 4.69) is 6.92 Å². The number of carboxylic acid groups (broad SMARTS) is 1. The standard InChI is InChI=1S/C13H17NO3/c1-2-5-13(6-7-13)9-14-8-10(12(16)17)3-4-11(14)15/h3-4,8H,2,5-7,9H2,1H3,(H,16,17). The third-order valence-corrected chi connectivity index (χ3v) is 3.47. The van der Waals surface area contributed by atoms with E-state index in [1.165, 1.54) is 18.3 Å². The van der Waals surface area contributed by atoms with Crippen LogP contribution in [0.15, 0.2) is 23.1 Å². The Balaban J connectivity index is 2.23. The van der Waals surface area contributed by atoms with Crippen molar-refractivity contribution in [3.63, 3.8) is 0 Å². The van der Waals surface area contributed by atoms with Gasteiger partial charge in [0.15, 0.2) is 0 Å². The number of hydrogen-bond acceptors (Lipinski definition) is 2. The van der Waals surface area contributed by atoms with Gasteiger partial charge in [-0.3, -0.25) is 4.79 Å². The summed E-state index contributed by atoms with van der Waals surface area (Å²) in [5.41, 5.74) is 0.310. The molecule has 4 nitrogen and oxygen atoms in total. The molecule has 0 unspecified atom stereocenters. The number of carboxylic acids is 1. The molecule has 0 bridgehead atoms. The van der Waals surface area contributed by atoms with Crippen LogP contribution in [0.4, 0.5) is 0 Å². The molecule has 1 aromatic rings. The molecule has 1 N–H and O–H groups in total. The van der Waals surface area contributed by atoms with Gasteiger partial charge in [0.1, 0.15) is 0 Å². The summed E-state index contributed by atoms with van der Waals surface area (Å²) >= 11 is 0. The second-order valence-corrected chi connectivity index (χ2v) is 4.94. The second kappa shape index (κ2) is 4.35. The van der Waals surface area contributed by atoms with Crippen LogP contribution in [0, 0.1) is 5.41 Å². The van der Waals surface area contributed by atoms with Gasteiger partial charge in [0.25, 0.3) is 5.56 Å². The lowest BCUT2D eigenvalue weighted by atomic mass is 10.0. The van der Waals surface area contributed by atoms with Gasteiger partial charge in [0, 0.05) is 18.8 Å². The van der Waals surface area contributed by atoms with Crippen LogP contribution < -0.4 is 5.56 Å². The van der Waals surface area contributed by atoms with E-state index in [1.54, 1.807) is 4.57 Å². The highest BCUT2D eigenvalue weighted by Crippen LogP contribution is 2.50. The molecule has 0 aliphatic heterocycles. The fourth-order valence-electron chi connectivity index (χ4n) is 2.34. The zero-order valence-corrected chi connectivity index (χ0v) is 9.98. The number of aromatic carboxylic acids is 1. The average molecular weight is 235 g/mol. The van der Waals surface area contributed by atoms with Gasteiger partial charge in [-0.1, -0.05) is 13.3 Å². The van der Waals surface area contributed by atoms with Crippen LogP contribution in [0.5, 0.6) is 0 Å². The first-order valence-corrected chi connectivity index (χ1v) is 6.00. The molecule has 0 atom stereocenters. The van der Waals surface area contributed by atoms with Crippen molar-refractivity contribution in [1.82, 2.24) is 4.57 Å². The first kappa shape index (κ1) is 11.9. The summed E-state index contributed by atoms with van der Waals surface area (Å²) in [7, 11) is 0. The van der Waals surface area contributed by atoms with E-state index in [9.17, 15) is 9.59 Å². The van der Waals surface area contributed by atoms with Crippen molar-refractivity contribution in [3.05, 3.63) is 34.2 Å². The molecule has 0 aromatic carbocycles. The van der Waals surface area contributed by atoms with Crippen LogP contribution in [-0.2, 0) is 6.54 Å². The summed E-state index contributed by atoms with van der Waals surface area (Å²) < 4.78 is 1.55. The van der Waals surface area contributed by atoms with Gasteiger partial charge < -0.3 is 9.67 Å². The minimum absolute atomic E-state index is 0.114. The fraction of sp³-hybridized carbons (Fsp3) is 0.538. The summed E-state index contributed by atoms with van der Waals surface area (Å²) in [5, 5.41) is 8.90. The third-order valence-electron chi connectivity index (χ3n) is 3.47. The number of hydrogen-bond donors (Lipinski definition) is 1. The molecular weight excluding hydrogens is 218 g/mol. The number of carbonyl (C=O) groups is 1. The van der Waals surface area contributed by atoms with Gasteiger partial charge in [-0.2, -0.15) is 0 Å². The lowest BCUT2D eigenvalue weighted by Crippen LogP contribution is -2.24.